The van der Waals surface area contributed by atoms with E-state index in [0.29, 0.717) is 0 Å². The van der Waals surface area contributed by atoms with E-state index in [1.807, 2.05) is 6.07 Å². The summed E-state index contributed by atoms with van der Waals surface area (Å²) < 4.78 is 5.47. The molecule has 0 atom stereocenters. The Morgan fingerprint density at radius 2 is 1.90 bits per heavy atom. The lowest BCUT2D eigenvalue weighted by molar-refractivity contribution is 0.0378. The van der Waals surface area contributed by atoms with E-state index in [4.69, 9.17) is 4.74 Å². The maximum atomic E-state index is 5.47. The van der Waals surface area contributed by atoms with E-state index in [9.17, 15) is 0 Å². The number of hydrogen-bond acceptors (Lipinski definition) is 4. The van der Waals surface area contributed by atoms with Crippen molar-refractivity contribution in [1.29, 1.82) is 0 Å². The summed E-state index contributed by atoms with van der Waals surface area (Å²) in [5.41, 5.74) is 2.35. The van der Waals surface area contributed by atoms with Gasteiger partial charge >= 0.3 is 0 Å². The number of anilines is 2. The lowest BCUT2D eigenvalue weighted by Crippen LogP contribution is -2.46. The molecular weight excluding hydrogens is 270 g/mol. The molecule has 0 spiro atoms. The molecule has 1 fully saturated rings. The van der Waals surface area contributed by atoms with E-state index in [1.54, 1.807) is 11.8 Å². The van der Waals surface area contributed by atoms with Gasteiger partial charge in [-0.15, -0.1) is 11.8 Å². The number of hydrazine groups is 1. The molecule has 2 aromatic rings. The smallest absolute Gasteiger partial charge is 0.0766 e. The molecule has 1 N–H and O–H groups in total. The second kappa shape index (κ2) is 6.35. The molecule has 1 aliphatic heterocycles. The second-order valence-corrected chi connectivity index (χ2v) is 5.49. The lowest BCUT2D eigenvalue weighted by Gasteiger charge is -2.38. The maximum absolute atomic E-state index is 5.47. The second-order valence-electron chi connectivity index (χ2n) is 4.64. The molecule has 1 aliphatic rings. The molecule has 106 valence electrons. The molecule has 0 amide bonds. The Balaban J connectivity index is 1.94. The fourth-order valence-electron chi connectivity index (χ4n) is 2.40. The molecule has 5 heteroatoms. The number of ether oxygens (including phenoxy) is 1. The van der Waals surface area contributed by atoms with Crippen LogP contribution < -0.4 is 5.01 Å². The standard InChI is InChI=1S/C15H19N3OS/c1-20-15-11-14(12-16-15)18(13-5-3-2-4-6-13)17-7-9-19-10-8-17/h2-6,11-12,16H,7-10H2,1H3. The van der Waals surface area contributed by atoms with Crippen LogP contribution in [0.15, 0.2) is 47.6 Å². The Morgan fingerprint density at radius 1 is 1.15 bits per heavy atom. The Bertz CT molecular complexity index is 537. The van der Waals surface area contributed by atoms with Crippen LogP contribution >= 0.6 is 11.8 Å². The van der Waals surface area contributed by atoms with Gasteiger partial charge in [0.1, 0.15) is 0 Å². The Labute approximate surface area is 123 Å². The molecule has 0 unspecified atom stereocenters. The number of nitrogens with zero attached hydrogens (tertiary/aromatic N) is 2. The summed E-state index contributed by atoms with van der Waals surface area (Å²) in [6.45, 7) is 3.38. The van der Waals surface area contributed by atoms with Gasteiger partial charge in [0, 0.05) is 19.3 Å². The van der Waals surface area contributed by atoms with Gasteiger partial charge < -0.3 is 9.72 Å². The van der Waals surface area contributed by atoms with Gasteiger partial charge in [-0.2, -0.15) is 0 Å². The Morgan fingerprint density at radius 3 is 2.55 bits per heavy atom. The van der Waals surface area contributed by atoms with Crippen molar-refractivity contribution in [1.82, 2.24) is 9.99 Å². The first-order chi connectivity index (χ1) is 9.88. The molecule has 1 aromatic carbocycles. The molecule has 1 aromatic heterocycles. The highest BCUT2D eigenvalue weighted by Crippen LogP contribution is 2.30. The van der Waals surface area contributed by atoms with Gasteiger partial charge in [0.2, 0.25) is 0 Å². The van der Waals surface area contributed by atoms with Gasteiger partial charge in [0.25, 0.3) is 0 Å². The van der Waals surface area contributed by atoms with Crippen molar-refractivity contribution in [2.24, 2.45) is 0 Å². The fourth-order valence-corrected chi connectivity index (χ4v) is 2.82. The molecule has 0 aliphatic carbocycles. The van der Waals surface area contributed by atoms with Gasteiger partial charge in [-0.25, -0.2) is 5.01 Å². The van der Waals surface area contributed by atoms with E-state index in [1.165, 1.54) is 16.4 Å². The predicted molar refractivity (Wildman–Crippen MR) is 83.5 cm³/mol. The average Bonchev–Trinajstić information content (AvgIpc) is 2.98. The molecule has 4 nitrogen and oxygen atoms in total. The molecule has 0 bridgehead atoms. The number of rotatable bonds is 4. The van der Waals surface area contributed by atoms with E-state index in [2.05, 4.69) is 57.8 Å². The third-order valence-electron chi connectivity index (χ3n) is 3.38. The van der Waals surface area contributed by atoms with Crippen LogP contribution in [-0.4, -0.2) is 42.6 Å². The summed E-state index contributed by atoms with van der Waals surface area (Å²) >= 11 is 1.72. The zero-order chi connectivity index (χ0) is 13.8. The third kappa shape index (κ3) is 2.85. The SMILES string of the molecule is CSc1cc(N(c2ccccc2)N2CCOCC2)c[nH]1. The molecule has 20 heavy (non-hydrogen) atoms. The van der Waals surface area contributed by atoms with Crippen LogP contribution in [0.4, 0.5) is 11.4 Å². The van der Waals surface area contributed by atoms with E-state index in [0.717, 1.165) is 26.3 Å². The topological polar surface area (TPSA) is 31.5 Å². The van der Waals surface area contributed by atoms with Gasteiger partial charge in [0.15, 0.2) is 0 Å². The summed E-state index contributed by atoms with van der Waals surface area (Å²) in [5.74, 6) is 0. The number of morpholine rings is 1. The number of aromatic nitrogens is 1. The van der Waals surface area contributed by atoms with E-state index < -0.39 is 0 Å². The van der Waals surface area contributed by atoms with Crippen molar-refractivity contribution < 1.29 is 4.74 Å². The summed E-state index contributed by atoms with van der Waals surface area (Å²) in [7, 11) is 0. The molecule has 1 saturated heterocycles. The highest BCUT2D eigenvalue weighted by molar-refractivity contribution is 7.98. The van der Waals surface area contributed by atoms with E-state index in [-0.39, 0.29) is 0 Å². The van der Waals surface area contributed by atoms with Crippen LogP contribution in [0.3, 0.4) is 0 Å². The number of thioether (sulfide) groups is 1. The zero-order valence-corrected chi connectivity index (χ0v) is 12.4. The van der Waals surface area contributed by atoms with Crippen LogP contribution in [0.1, 0.15) is 0 Å². The summed E-state index contributed by atoms with van der Waals surface area (Å²) in [5, 5.41) is 5.79. The number of aromatic amines is 1. The Kier molecular flexibility index (Phi) is 4.30. The molecule has 0 radical (unpaired) electrons. The highest BCUT2D eigenvalue weighted by Gasteiger charge is 2.21. The number of benzene rings is 1. The van der Waals surface area contributed by atoms with Crippen molar-refractivity contribution >= 4 is 23.1 Å². The van der Waals surface area contributed by atoms with Crippen molar-refractivity contribution in [2.45, 2.75) is 5.03 Å². The molecule has 0 saturated carbocycles. The summed E-state index contributed by atoms with van der Waals surface area (Å²) in [4.78, 5) is 3.31. The van der Waals surface area contributed by atoms with Crippen molar-refractivity contribution in [3.8, 4) is 0 Å². The fraction of sp³-hybridized carbons (Fsp3) is 0.333. The van der Waals surface area contributed by atoms with Crippen molar-refractivity contribution in [3.63, 3.8) is 0 Å². The highest BCUT2D eigenvalue weighted by atomic mass is 32.2. The number of hydrogen-bond donors (Lipinski definition) is 1. The molecule has 3 rings (SSSR count). The minimum Gasteiger partial charge on any atom is -0.379 e. The first-order valence-corrected chi connectivity index (χ1v) is 8.01. The van der Waals surface area contributed by atoms with Crippen LogP contribution in [0.2, 0.25) is 0 Å². The predicted octanol–water partition coefficient (Wildman–Crippen LogP) is 3.12. The minimum absolute atomic E-state index is 0.781. The summed E-state index contributed by atoms with van der Waals surface area (Å²) in [6, 6.07) is 12.7. The van der Waals surface area contributed by atoms with Gasteiger partial charge in [-0.05, 0) is 24.5 Å². The molecule has 2 heterocycles. The molecular formula is C15H19N3OS. The monoisotopic (exact) mass is 289 g/mol. The van der Waals surface area contributed by atoms with Crippen molar-refractivity contribution in [3.05, 3.63) is 42.6 Å². The Hall–Kier alpha value is -1.43. The third-order valence-corrected chi connectivity index (χ3v) is 4.05. The largest absolute Gasteiger partial charge is 0.379 e. The summed E-state index contributed by atoms with van der Waals surface area (Å²) in [6.07, 6.45) is 4.14. The van der Waals surface area contributed by atoms with E-state index >= 15 is 0 Å². The number of H-pyrrole nitrogens is 1. The van der Waals surface area contributed by atoms with Gasteiger partial charge in [-0.3, -0.25) is 5.01 Å². The average molecular weight is 289 g/mol. The quantitative estimate of drug-likeness (QED) is 0.876. The lowest BCUT2D eigenvalue weighted by atomic mass is 10.3. The first-order valence-electron chi connectivity index (χ1n) is 6.78. The van der Waals surface area contributed by atoms with Crippen LogP contribution in [0.5, 0.6) is 0 Å². The van der Waals surface area contributed by atoms with Crippen molar-refractivity contribution in [2.75, 3.05) is 37.6 Å². The number of nitrogens with one attached hydrogen (secondary N) is 1. The van der Waals surface area contributed by atoms with Gasteiger partial charge in [-0.1, -0.05) is 18.2 Å². The van der Waals surface area contributed by atoms with Crippen LogP contribution in [0, 0.1) is 0 Å². The zero-order valence-electron chi connectivity index (χ0n) is 11.6. The van der Waals surface area contributed by atoms with Crippen LogP contribution in [-0.2, 0) is 4.74 Å². The number of para-hydroxylation sites is 1. The van der Waals surface area contributed by atoms with Crippen LogP contribution in [0.25, 0.3) is 0 Å². The minimum atomic E-state index is 0.781. The van der Waals surface area contributed by atoms with Gasteiger partial charge in [0.05, 0.1) is 29.6 Å². The normalized spacial score (nSPS) is 16.2. The maximum Gasteiger partial charge on any atom is 0.0766 e. The first kappa shape index (κ1) is 13.5.